The molecular weight excluding hydrogens is 164 g/mol. The molecule has 2 nitrogen and oxygen atoms in total. The molecule has 0 aliphatic rings. The summed E-state index contributed by atoms with van der Waals surface area (Å²) < 4.78 is 0. The average Bonchev–Trinajstić information content (AvgIpc) is 2.17. The van der Waals surface area contributed by atoms with Crippen LogP contribution in [0.25, 0.3) is 6.08 Å². The first-order valence-electron chi connectivity index (χ1n) is 4.10. The lowest BCUT2D eigenvalue weighted by atomic mass is 10.1. The van der Waals surface area contributed by atoms with Crippen LogP contribution in [0, 0.1) is 0 Å². The molecule has 0 bridgehead atoms. The third kappa shape index (κ3) is 2.26. The van der Waals surface area contributed by atoms with Crippen LogP contribution in [0.15, 0.2) is 30.8 Å². The zero-order valence-electron chi connectivity index (χ0n) is 7.53. The van der Waals surface area contributed by atoms with Crippen LogP contribution >= 0.6 is 0 Å². The minimum absolute atomic E-state index is 0.254. The van der Waals surface area contributed by atoms with E-state index >= 15 is 0 Å². The van der Waals surface area contributed by atoms with E-state index in [4.69, 9.17) is 5.11 Å². The molecule has 1 unspecified atom stereocenters. The van der Waals surface area contributed by atoms with Gasteiger partial charge in [-0.25, -0.2) is 0 Å². The highest BCUT2D eigenvalue weighted by atomic mass is 16.3. The molecule has 0 heterocycles. The summed E-state index contributed by atoms with van der Waals surface area (Å²) in [6.07, 6.45) is 0.769. The van der Waals surface area contributed by atoms with E-state index in [1.165, 1.54) is 6.92 Å². The molecule has 1 aromatic rings. The van der Waals surface area contributed by atoms with Crippen LogP contribution in [0.4, 0.5) is 0 Å². The van der Waals surface area contributed by atoms with E-state index in [0.29, 0.717) is 5.56 Å². The summed E-state index contributed by atoms with van der Waals surface area (Å²) in [5.74, 6) is -0.254. The van der Waals surface area contributed by atoms with Crippen molar-refractivity contribution in [3.05, 3.63) is 42.0 Å². The number of aliphatic hydroxyl groups excluding tert-OH is 1. The Morgan fingerprint density at radius 3 is 2.38 bits per heavy atom. The van der Waals surface area contributed by atoms with Gasteiger partial charge in [0.1, 0.15) is 6.10 Å². The van der Waals surface area contributed by atoms with Gasteiger partial charge in [-0.3, -0.25) is 4.79 Å². The van der Waals surface area contributed by atoms with E-state index in [9.17, 15) is 4.79 Å². The zero-order chi connectivity index (χ0) is 9.84. The first-order valence-corrected chi connectivity index (χ1v) is 4.10. The number of carbonyl (C=O) groups is 1. The summed E-state index contributed by atoms with van der Waals surface area (Å²) in [6, 6.07) is 6.96. The van der Waals surface area contributed by atoms with Crippen molar-refractivity contribution in [2.24, 2.45) is 0 Å². The second kappa shape index (κ2) is 4.01. The number of benzene rings is 1. The van der Waals surface area contributed by atoms with Crippen molar-refractivity contribution < 1.29 is 9.90 Å². The standard InChI is InChI=1S/C11H12O2/c1-3-9-4-6-10(7-5-9)11(13)8(2)12/h3-8,12H,1H2,2H3. The van der Waals surface area contributed by atoms with Gasteiger partial charge < -0.3 is 5.11 Å². The van der Waals surface area contributed by atoms with E-state index in [1.807, 2.05) is 0 Å². The van der Waals surface area contributed by atoms with Crippen LogP contribution in [-0.4, -0.2) is 17.0 Å². The van der Waals surface area contributed by atoms with E-state index in [0.717, 1.165) is 5.56 Å². The Bertz CT molecular complexity index is 309. The molecule has 0 aliphatic heterocycles. The summed E-state index contributed by atoms with van der Waals surface area (Å²) in [5, 5.41) is 9.03. The van der Waals surface area contributed by atoms with Crippen LogP contribution in [0.1, 0.15) is 22.8 Å². The van der Waals surface area contributed by atoms with Crippen molar-refractivity contribution in [2.45, 2.75) is 13.0 Å². The fourth-order valence-corrected chi connectivity index (χ4v) is 1.02. The maximum Gasteiger partial charge on any atom is 0.190 e. The molecule has 0 saturated heterocycles. The number of rotatable bonds is 3. The van der Waals surface area contributed by atoms with Crippen molar-refractivity contribution in [1.82, 2.24) is 0 Å². The number of hydrogen-bond donors (Lipinski definition) is 1. The Hall–Kier alpha value is -1.41. The maximum absolute atomic E-state index is 11.3. The van der Waals surface area contributed by atoms with Gasteiger partial charge in [-0.15, -0.1) is 0 Å². The number of Topliss-reactive ketones (excluding diaryl/α,β-unsaturated/α-hetero) is 1. The predicted molar refractivity (Wildman–Crippen MR) is 52.5 cm³/mol. The second-order valence-electron chi connectivity index (χ2n) is 2.87. The molecule has 68 valence electrons. The fraction of sp³-hybridized carbons (Fsp3) is 0.182. The van der Waals surface area contributed by atoms with Gasteiger partial charge in [-0.1, -0.05) is 36.9 Å². The van der Waals surface area contributed by atoms with Gasteiger partial charge in [0.25, 0.3) is 0 Å². The highest BCUT2D eigenvalue weighted by Crippen LogP contribution is 2.07. The smallest absolute Gasteiger partial charge is 0.190 e. The van der Waals surface area contributed by atoms with Gasteiger partial charge in [-0.05, 0) is 12.5 Å². The van der Waals surface area contributed by atoms with Crippen LogP contribution in [0.2, 0.25) is 0 Å². The van der Waals surface area contributed by atoms with Gasteiger partial charge in [0.15, 0.2) is 5.78 Å². The van der Waals surface area contributed by atoms with Crippen molar-refractivity contribution >= 4 is 11.9 Å². The molecule has 0 aliphatic carbocycles. The first kappa shape index (κ1) is 9.68. The molecule has 0 aromatic heterocycles. The van der Waals surface area contributed by atoms with Gasteiger partial charge >= 0.3 is 0 Å². The van der Waals surface area contributed by atoms with Gasteiger partial charge in [0.05, 0.1) is 0 Å². The minimum Gasteiger partial charge on any atom is -0.385 e. The summed E-state index contributed by atoms with van der Waals surface area (Å²) in [7, 11) is 0. The monoisotopic (exact) mass is 176 g/mol. The highest BCUT2D eigenvalue weighted by Gasteiger charge is 2.10. The fourth-order valence-electron chi connectivity index (χ4n) is 1.02. The lowest BCUT2D eigenvalue weighted by Crippen LogP contribution is -2.15. The summed E-state index contributed by atoms with van der Waals surface area (Å²) in [4.78, 5) is 11.3. The van der Waals surface area contributed by atoms with Crippen LogP contribution in [-0.2, 0) is 0 Å². The zero-order valence-corrected chi connectivity index (χ0v) is 7.53. The predicted octanol–water partition coefficient (Wildman–Crippen LogP) is 1.89. The summed E-state index contributed by atoms with van der Waals surface area (Å²) in [6.45, 7) is 5.07. The number of hydrogen-bond acceptors (Lipinski definition) is 2. The quantitative estimate of drug-likeness (QED) is 0.714. The van der Waals surface area contributed by atoms with Crippen LogP contribution < -0.4 is 0 Å². The third-order valence-electron chi connectivity index (χ3n) is 1.81. The SMILES string of the molecule is C=Cc1ccc(C(=O)C(C)O)cc1. The summed E-state index contributed by atoms with van der Waals surface area (Å²) in [5.41, 5.74) is 1.49. The van der Waals surface area contributed by atoms with Gasteiger partial charge in [0.2, 0.25) is 0 Å². The lowest BCUT2D eigenvalue weighted by molar-refractivity contribution is 0.0779. The molecule has 0 saturated carbocycles. The lowest BCUT2D eigenvalue weighted by Gasteiger charge is -2.03. The van der Waals surface area contributed by atoms with Crippen molar-refractivity contribution in [2.75, 3.05) is 0 Å². The Morgan fingerprint density at radius 1 is 1.46 bits per heavy atom. The largest absolute Gasteiger partial charge is 0.385 e. The number of ketones is 1. The Balaban J connectivity index is 2.92. The minimum atomic E-state index is -0.936. The second-order valence-corrected chi connectivity index (χ2v) is 2.87. The van der Waals surface area contributed by atoms with Crippen LogP contribution in [0.5, 0.6) is 0 Å². The molecular formula is C11H12O2. The number of aliphatic hydroxyl groups is 1. The molecule has 0 amide bonds. The van der Waals surface area contributed by atoms with Gasteiger partial charge in [-0.2, -0.15) is 0 Å². The van der Waals surface area contributed by atoms with E-state index in [2.05, 4.69) is 6.58 Å². The van der Waals surface area contributed by atoms with Gasteiger partial charge in [0, 0.05) is 5.56 Å². The molecule has 0 radical (unpaired) electrons. The van der Waals surface area contributed by atoms with Crippen molar-refractivity contribution in [3.63, 3.8) is 0 Å². The first-order chi connectivity index (χ1) is 6.15. The Kier molecular flexibility index (Phi) is 2.98. The topological polar surface area (TPSA) is 37.3 Å². The van der Waals surface area contributed by atoms with Crippen molar-refractivity contribution in [3.8, 4) is 0 Å². The Labute approximate surface area is 77.5 Å². The average molecular weight is 176 g/mol. The molecule has 1 atom stereocenters. The van der Waals surface area contributed by atoms with E-state index in [1.54, 1.807) is 30.3 Å². The number of carbonyl (C=O) groups excluding carboxylic acids is 1. The Morgan fingerprint density at radius 2 is 2.00 bits per heavy atom. The molecule has 1 N–H and O–H groups in total. The third-order valence-corrected chi connectivity index (χ3v) is 1.81. The highest BCUT2D eigenvalue weighted by molar-refractivity contribution is 5.99. The molecule has 1 aromatic carbocycles. The maximum atomic E-state index is 11.3. The van der Waals surface area contributed by atoms with E-state index in [-0.39, 0.29) is 5.78 Å². The molecule has 0 spiro atoms. The molecule has 2 heteroatoms. The normalized spacial score (nSPS) is 12.2. The van der Waals surface area contributed by atoms with Crippen molar-refractivity contribution in [1.29, 1.82) is 0 Å². The molecule has 1 rings (SSSR count). The van der Waals surface area contributed by atoms with Crippen LogP contribution in [0.3, 0.4) is 0 Å². The van der Waals surface area contributed by atoms with E-state index < -0.39 is 6.10 Å². The summed E-state index contributed by atoms with van der Waals surface area (Å²) >= 11 is 0. The molecule has 0 fully saturated rings. The molecule has 13 heavy (non-hydrogen) atoms.